The molecule has 3 aromatic carbocycles. The largest absolute Gasteiger partial charge is 0.494 e. The molecule has 0 amide bonds. The molecule has 4 aromatic rings. The van der Waals surface area contributed by atoms with Gasteiger partial charge in [0, 0.05) is 11.1 Å². The van der Waals surface area contributed by atoms with Crippen molar-refractivity contribution in [2.45, 2.75) is 19.1 Å². The SMILES string of the molecule is CCOc1ccc(C2Oc3ccccc3C3=C2C(c2ccc(OC)c(OC)c2)n2ncnc2N3)cc1. The van der Waals surface area contributed by atoms with E-state index in [-0.39, 0.29) is 12.1 Å². The number of ether oxygens (including phenoxy) is 4. The van der Waals surface area contributed by atoms with E-state index in [1.807, 2.05) is 60.1 Å². The molecule has 0 bridgehead atoms. The first-order valence-corrected chi connectivity index (χ1v) is 11.8. The molecule has 8 nitrogen and oxygen atoms in total. The zero-order valence-electron chi connectivity index (χ0n) is 20.3. The van der Waals surface area contributed by atoms with Crippen LogP contribution in [0.1, 0.15) is 35.8 Å². The third kappa shape index (κ3) is 3.53. The summed E-state index contributed by atoms with van der Waals surface area (Å²) in [7, 11) is 3.27. The van der Waals surface area contributed by atoms with Crippen LogP contribution in [0.15, 0.2) is 78.6 Å². The first kappa shape index (κ1) is 22.0. The number of fused-ring (bicyclic) bond motifs is 3. The molecular weight excluding hydrogens is 456 g/mol. The maximum absolute atomic E-state index is 6.68. The van der Waals surface area contributed by atoms with Crippen LogP contribution in [0.5, 0.6) is 23.0 Å². The molecule has 0 saturated carbocycles. The van der Waals surface area contributed by atoms with Crippen LogP contribution in [-0.2, 0) is 0 Å². The number of aromatic nitrogens is 3. The number of methoxy groups -OCH3 is 2. The molecule has 3 heterocycles. The molecule has 1 aromatic heterocycles. The maximum atomic E-state index is 6.68. The van der Waals surface area contributed by atoms with Crippen LogP contribution in [0.2, 0.25) is 0 Å². The van der Waals surface area contributed by atoms with E-state index in [0.29, 0.717) is 24.1 Å². The van der Waals surface area contributed by atoms with Crippen LogP contribution in [0.3, 0.4) is 0 Å². The molecule has 0 spiro atoms. The third-order valence-corrected chi connectivity index (χ3v) is 6.54. The Morgan fingerprint density at radius 1 is 0.944 bits per heavy atom. The van der Waals surface area contributed by atoms with Gasteiger partial charge in [0.15, 0.2) is 11.5 Å². The molecule has 182 valence electrons. The summed E-state index contributed by atoms with van der Waals surface area (Å²) in [5.74, 6) is 3.60. The molecule has 0 saturated heterocycles. The van der Waals surface area contributed by atoms with Crippen LogP contribution < -0.4 is 24.3 Å². The van der Waals surface area contributed by atoms with E-state index in [1.165, 1.54) is 0 Å². The normalized spacial score (nSPS) is 17.8. The van der Waals surface area contributed by atoms with Gasteiger partial charge in [0.2, 0.25) is 5.95 Å². The number of hydrogen-bond acceptors (Lipinski definition) is 7. The van der Waals surface area contributed by atoms with Gasteiger partial charge in [-0.1, -0.05) is 30.3 Å². The third-order valence-electron chi connectivity index (χ3n) is 6.54. The van der Waals surface area contributed by atoms with Crippen molar-refractivity contribution in [1.29, 1.82) is 0 Å². The fraction of sp³-hybridized carbons (Fsp3) is 0.214. The van der Waals surface area contributed by atoms with Crippen molar-refractivity contribution in [2.75, 3.05) is 26.1 Å². The summed E-state index contributed by atoms with van der Waals surface area (Å²) in [6.07, 6.45) is 1.20. The minimum Gasteiger partial charge on any atom is -0.494 e. The monoisotopic (exact) mass is 482 g/mol. The van der Waals surface area contributed by atoms with E-state index in [2.05, 4.69) is 33.6 Å². The predicted molar refractivity (Wildman–Crippen MR) is 136 cm³/mol. The molecule has 8 heteroatoms. The van der Waals surface area contributed by atoms with Crippen LogP contribution in [-0.4, -0.2) is 35.6 Å². The van der Waals surface area contributed by atoms with Gasteiger partial charge in [-0.05, 0) is 54.4 Å². The number of benzene rings is 3. The summed E-state index contributed by atoms with van der Waals surface area (Å²) in [5.41, 5.74) is 4.97. The molecule has 6 rings (SSSR count). The predicted octanol–water partition coefficient (Wildman–Crippen LogP) is 5.25. The Kier molecular flexibility index (Phi) is 5.48. The van der Waals surface area contributed by atoms with Gasteiger partial charge in [0.1, 0.15) is 30.0 Å². The number of nitrogens with zero attached hydrogens (tertiary/aromatic N) is 3. The van der Waals surface area contributed by atoms with Crippen molar-refractivity contribution in [3.63, 3.8) is 0 Å². The molecule has 36 heavy (non-hydrogen) atoms. The topological polar surface area (TPSA) is 79.7 Å². The minimum atomic E-state index is -0.367. The summed E-state index contributed by atoms with van der Waals surface area (Å²) in [6.45, 7) is 2.59. The van der Waals surface area contributed by atoms with Gasteiger partial charge in [-0.3, -0.25) is 0 Å². The molecule has 2 unspecified atom stereocenters. The van der Waals surface area contributed by atoms with Crippen molar-refractivity contribution in [2.24, 2.45) is 0 Å². The van der Waals surface area contributed by atoms with Gasteiger partial charge >= 0.3 is 0 Å². The highest BCUT2D eigenvalue weighted by Crippen LogP contribution is 2.51. The van der Waals surface area contributed by atoms with Gasteiger partial charge in [0.25, 0.3) is 0 Å². The Labute approximate surface area is 209 Å². The zero-order valence-corrected chi connectivity index (χ0v) is 20.3. The molecular formula is C28H26N4O4. The highest BCUT2D eigenvalue weighted by Gasteiger charge is 2.41. The van der Waals surface area contributed by atoms with Gasteiger partial charge in [-0.2, -0.15) is 10.1 Å². The van der Waals surface area contributed by atoms with Crippen molar-refractivity contribution < 1.29 is 18.9 Å². The van der Waals surface area contributed by atoms with Crippen LogP contribution in [0.25, 0.3) is 5.70 Å². The van der Waals surface area contributed by atoms with E-state index >= 15 is 0 Å². The lowest BCUT2D eigenvalue weighted by Crippen LogP contribution is -2.32. The summed E-state index contributed by atoms with van der Waals surface area (Å²) in [6, 6.07) is 21.7. The Bertz CT molecular complexity index is 1440. The first-order chi connectivity index (χ1) is 17.7. The van der Waals surface area contributed by atoms with Gasteiger partial charge < -0.3 is 24.3 Å². The smallest absolute Gasteiger partial charge is 0.226 e. The quantitative estimate of drug-likeness (QED) is 0.402. The molecule has 2 aliphatic rings. The van der Waals surface area contributed by atoms with Crippen LogP contribution in [0.4, 0.5) is 5.95 Å². The average molecular weight is 483 g/mol. The number of para-hydroxylation sites is 1. The zero-order chi connectivity index (χ0) is 24.6. The molecule has 2 atom stereocenters. The number of anilines is 1. The number of rotatable bonds is 6. The Morgan fingerprint density at radius 2 is 1.72 bits per heavy atom. The Morgan fingerprint density at radius 3 is 2.50 bits per heavy atom. The summed E-state index contributed by atoms with van der Waals surface area (Å²) < 4.78 is 25.4. The molecule has 1 N–H and O–H groups in total. The number of hydrogen-bond donors (Lipinski definition) is 1. The van der Waals surface area contributed by atoms with Crippen LogP contribution >= 0.6 is 0 Å². The lowest BCUT2D eigenvalue weighted by molar-refractivity contribution is 0.222. The lowest BCUT2D eigenvalue weighted by atomic mass is 9.84. The number of nitrogens with one attached hydrogen (secondary N) is 1. The summed E-state index contributed by atoms with van der Waals surface area (Å²) >= 11 is 0. The standard InChI is InChI=1S/C28H26N4O4/c1-4-35-19-12-9-17(10-13-19)27-24-25(20-7-5-6-8-21(20)36-27)31-28-29-16-30-32(28)26(24)18-11-14-22(33-2)23(15-18)34-3/h5-16,26-27H,4H2,1-3H3,(H,29,30,31). The Balaban J connectivity index is 1.57. The van der Waals surface area contributed by atoms with E-state index in [0.717, 1.165) is 39.5 Å². The fourth-order valence-corrected chi connectivity index (χ4v) is 4.94. The van der Waals surface area contributed by atoms with Crippen LogP contribution in [0, 0.1) is 0 Å². The van der Waals surface area contributed by atoms with Crippen molar-refractivity contribution in [1.82, 2.24) is 14.8 Å². The van der Waals surface area contributed by atoms with E-state index in [9.17, 15) is 0 Å². The molecule has 0 fully saturated rings. The maximum Gasteiger partial charge on any atom is 0.226 e. The van der Waals surface area contributed by atoms with E-state index in [4.69, 9.17) is 18.9 Å². The second kappa shape index (κ2) is 8.96. The van der Waals surface area contributed by atoms with Crippen molar-refractivity contribution >= 4 is 11.6 Å². The summed E-state index contributed by atoms with van der Waals surface area (Å²) in [4.78, 5) is 4.50. The molecule has 0 radical (unpaired) electrons. The molecule has 2 aliphatic heterocycles. The van der Waals surface area contributed by atoms with Crippen molar-refractivity contribution in [3.05, 3.63) is 95.3 Å². The van der Waals surface area contributed by atoms with Gasteiger partial charge in [-0.25, -0.2) is 4.68 Å². The van der Waals surface area contributed by atoms with Crippen molar-refractivity contribution in [3.8, 4) is 23.0 Å². The summed E-state index contributed by atoms with van der Waals surface area (Å²) in [5, 5.41) is 8.11. The second-order valence-corrected chi connectivity index (χ2v) is 8.50. The van der Waals surface area contributed by atoms with E-state index in [1.54, 1.807) is 20.5 Å². The highest BCUT2D eigenvalue weighted by molar-refractivity contribution is 5.85. The van der Waals surface area contributed by atoms with E-state index < -0.39 is 0 Å². The minimum absolute atomic E-state index is 0.288. The average Bonchev–Trinajstić information content (AvgIpc) is 3.40. The van der Waals surface area contributed by atoms with Gasteiger partial charge in [0.05, 0.1) is 26.5 Å². The highest BCUT2D eigenvalue weighted by atomic mass is 16.5. The fourth-order valence-electron chi connectivity index (χ4n) is 4.94. The lowest BCUT2D eigenvalue weighted by Gasteiger charge is -2.39. The Hall–Kier alpha value is -4.46. The molecule has 0 aliphatic carbocycles. The first-order valence-electron chi connectivity index (χ1n) is 11.8. The second-order valence-electron chi connectivity index (χ2n) is 8.50. The van der Waals surface area contributed by atoms with Gasteiger partial charge in [-0.15, -0.1) is 0 Å².